The van der Waals surface area contributed by atoms with Crippen LogP contribution < -0.4 is 5.32 Å². The van der Waals surface area contributed by atoms with Crippen molar-refractivity contribution in [1.29, 1.82) is 0 Å². The molecule has 0 aliphatic heterocycles. The van der Waals surface area contributed by atoms with Crippen molar-refractivity contribution in [3.05, 3.63) is 84.4 Å². The fraction of sp³-hybridized carbons (Fsp3) is 0.0909. The number of ether oxygens (including phenoxy) is 1. The Morgan fingerprint density at radius 2 is 1.48 bits per heavy atom. The molecule has 0 unspecified atom stereocenters. The molecule has 0 saturated carbocycles. The molecule has 3 rings (SSSR count). The lowest BCUT2D eigenvalue weighted by atomic mass is 10.00. The molecule has 0 fully saturated rings. The van der Waals surface area contributed by atoms with Gasteiger partial charge in [0.15, 0.2) is 16.4 Å². The predicted octanol–water partition coefficient (Wildman–Crippen LogP) is 3.55. The topological polar surface area (TPSA) is 89.5 Å². The highest BCUT2D eigenvalue weighted by atomic mass is 32.2. The minimum Gasteiger partial charge on any atom is -0.452 e. The van der Waals surface area contributed by atoms with Crippen LogP contribution in [0.5, 0.6) is 0 Å². The normalized spacial score (nSPS) is 10.9. The number of nitrogens with one attached hydrogen (secondary N) is 1. The highest BCUT2D eigenvalue weighted by molar-refractivity contribution is 7.90. The lowest BCUT2D eigenvalue weighted by Gasteiger charge is -2.10. The molecule has 3 aromatic carbocycles. The molecule has 3 aromatic rings. The van der Waals surface area contributed by atoms with Crippen LogP contribution in [-0.2, 0) is 19.4 Å². The van der Waals surface area contributed by atoms with E-state index >= 15 is 0 Å². The van der Waals surface area contributed by atoms with Crippen molar-refractivity contribution in [3.63, 3.8) is 0 Å². The van der Waals surface area contributed by atoms with Gasteiger partial charge in [-0.15, -0.1) is 0 Å². The monoisotopic (exact) mass is 409 g/mol. The van der Waals surface area contributed by atoms with E-state index in [1.165, 1.54) is 24.3 Å². The number of rotatable bonds is 6. The Hall–Kier alpha value is -3.45. The molecule has 1 N–H and O–H groups in total. The Labute approximate surface area is 169 Å². The van der Waals surface area contributed by atoms with Gasteiger partial charge in [-0.25, -0.2) is 13.2 Å². The summed E-state index contributed by atoms with van der Waals surface area (Å²) in [6.45, 7) is -0.463. The van der Waals surface area contributed by atoms with Gasteiger partial charge in [-0.2, -0.15) is 0 Å². The van der Waals surface area contributed by atoms with Crippen LogP contribution in [0.2, 0.25) is 0 Å². The minimum absolute atomic E-state index is 0.152. The second-order valence-corrected chi connectivity index (χ2v) is 8.35. The van der Waals surface area contributed by atoms with Crippen LogP contribution in [0.15, 0.2) is 83.8 Å². The summed E-state index contributed by atoms with van der Waals surface area (Å²) < 4.78 is 28.1. The number of anilines is 1. The number of hydrogen-bond donors (Lipinski definition) is 1. The summed E-state index contributed by atoms with van der Waals surface area (Å²) >= 11 is 0. The van der Waals surface area contributed by atoms with Crippen molar-refractivity contribution >= 4 is 27.4 Å². The zero-order valence-corrected chi connectivity index (χ0v) is 16.5. The van der Waals surface area contributed by atoms with Crippen molar-refractivity contribution in [1.82, 2.24) is 0 Å². The molecule has 6 nitrogen and oxygen atoms in total. The van der Waals surface area contributed by atoms with Gasteiger partial charge in [0.2, 0.25) is 0 Å². The molecule has 0 aliphatic rings. The van der Waals surface area contributed by atoms with Gasteiger partial charge >= 0.3 is 5.97 Å². The largest absolute Gasteiger partial charge is 0.452 e. The third-order valence-corrected chi connectivity index (χ3v) is 5.26. The average Bonchev–Trinajstić information content (AvgIpc) is 2.72. The van der Waals surface area contributed by atoms with Gasteiger partial charge in [0.05, 0.1) is 10.5 Å². The van der Waals surface area contributed by atoms with Gasteiger partial charge in [0, 0.05) is 11.9 Å². The van der Waals surface area contributed by atoms with Gasteiger partial charge in [0.1, 0.15) is 0 Å². The Morgan fingerprint density at radius 1 is 0.862 bits per heavy atom. The molecule has 0 aromatic heterocycles. The van der Waals surface area contributed by atoms with E-state index in [0.29, 0.717) is 11.3 Å². The minimum atomic E-state index is -3.31. The van der Waals surface area contributed by atoms with Crippen LogP contribution in [-0.4, -0.2) is 33.2 Å². The van der Waals surface area contributed by atoms with E-state index in [-0.39, 0.29) is 4.90 Å². The number of carbonyl (C=O) groups excluding carboxylic acids is 2. The zero-order valence-electron chi connectivity index (χ0n) is 15.7. The van der Waals surface area contributed by atoms with Crippen LogP contribution in [0.25, 0.3) is 11.1 Å². The smallest absolute Gasteiger partial charge is 0.339 e. The van der Waals surface area contributed by atoms with E-state index in [0.717, 1.165) is 17.4 Å². The van der Waals surface area contributed by atoms with Crippen molar-refractivity contribution in [2.45, 2.75) is 4.90 Å². The number of esters is 1. The maximum Gasteiger partial charge on any atom is 0.339 e. The number of amides is 1. The zero-order chi connectivity index (χ0) is 20.9. The van der Waals surface area contributed by atoms with Gasteiger partial charge in [-0.1, -0.05) is 48.5 Å². The fourth-order valence-corrected chi connectivity index (χ4v) is 3.35. The predicted molar refractivity (Wildman–Crippen MR) is 110 cm³/mol. The van der Waals surface area contributed by atoms with Crippen LogP contribution in [0, 0.1) is 0 Å². The van der Waals surface area contributed by atoms with Gasteiger partial charge < -0.3 is 10.1 Å². The number of carbonyl (C=O) groups is 2. The first-order valence-electron chi connectivity index (χ1n) is 8.76. The summed E-state index contributed by atoms with van der Waals surface area (Å²) in [5.74, 6) is -1.13. The standard InChI is InChI=1S/C22H19NO5S/c1-29(26,27)18-13-11-17(12-14-18)23-21(24)15-28-22(25)20-10-6-5-9-19(20)16-7-3-2-4-8-16/h2-14H,15H2,1H3,(H,23,24). The molecule has 0 spiro atoms. The molecule has 0 atom stereocenters. The van der Waals surface area contributed by atoms with E-state index in [1.807, 2.05) is 42.5 Å². The number of sulfone groups is 1. The van der Waals surface area contributed by atoms with E-state index in [4.69, 9.17) is 4.74 Å². The fourth-order valence-electron chi connectivity index (χ4n) is 2.72. The second-order valence-electron chi connectivity index (χ2n) is 6.33. The maximum atomic E-state index is 12.5. The Kier molecular flexibility index (Phi) is 6.09. The molecule has 0 saturated heterocycles. The van der Waals surface area contributed by atoms with Crippen LogP contribution in [0.3, 0.4) is 0 Å². The molecular weight excluding hydrogens is 390 g/mol. The highest BCUT2D eigenvalue weighted by Crippen LogP contribution is 2.24. The van der Waals surface area contributed by atoms with E-state index < -0.39 is 28.3 Å². The summed E-state index contributed by atoms with van der Waals surface area (Å²) in [6, 6.07) is 22.2. The highest BCUT2D eigenvalue weighted by Gasteiger charge is 2.15. The van der Waals surface area contributed by atoms with Crippen LogP contribution in [0.4, 0.5) is 5.69 Å². The Morgan fingerprint density at radius 3 is 2.14 bits per heavy atom. The quantitative estimate of drug-likeness (QED) is 0.629. The molecule has 148 valence electrons. The molecule has 0 heterocycles. The molecule has 0 aliphatic carbocycles. The summed E-state index contributed by atoms with van der Waals surface area (Å²) in [4.78, 5) is 24.7. The molecule has 0 radical (unpaired) electrons. The number of benzene rings is 3. The van der Waals surface area contributed by atoms with E-state index in [2.05, 4.69) is 5.32 Å². The summed E-state index contributed by atoms with van der Waals surface area (Å²) in [5.41, 5.74) is 2.36. The van der Waals surface area contributed by atoms with Crippen molar-refractivity contribution in [2.24, 2.45) is 0 Å². The molecular formula is C22H19NO5S. The number of hydrogen-bond acceptors (Lipinski definition) is 5. The Bertz CT molecular complexity index is 1120. The van der Waals surface area contributed by atoms with E-state index in [1.54, 1.807) is 12.1 Å². The SMILES string of the molecule is CS(=O)(=O)c1ccc(NC(=O)COC(=O)c2ccccc2-c2ccccc2)cc1. The third kappa shape index (κ3) is 5.30. The first-order valence-corrected chi connectivity index (χ1v) is 10.7. The molecule has 1 amide bonds. The van der Waals surface area contributed by atoms with Gasteiger partial charge in [0.25, 0.3) is 5.91 Å². The van der Waals surface area contributed by atoms with Crippen molar-refractivity contribution in [3.8, 4) is 11.1 Å². The first-order chi connectivity index (χ1) is 13.8. The lowest BCUT2D eigenvalue weighted by molar-refractivity contribution is -0.119. The second kappa shape index (κ2) is 8.70. The summed E-state index contributed by atoms with van der Waals surface area (Å²) in [5, 5.41) is 2.56. The van der Waals surface area contributed by atoms with Crippen LogP contribution in [0.1, 0.15) is 10.4 Å². The van der Waals surface area contributed by atoms with Crippen molar-refractivity contribution < 1.29 is 22.7 Å². The average molecular weight is 409 g/mol. The summed E-state index contributed by atoms with van der Waals surface area (Å²) in [6.07, 6.45) is 1.10. The Balaban J connectivity index is 1.63. The maximum absolute atomic E-state index is 12.5. The van der Waals surface area contributed by atoms with E-state index in [9.17, 15) is 18.0 Å². The van der Waals surface area contributed by atoms with Crippen molar-refractivity contribution in [2.75, 3.05) is 18.2 Å². The molecule has 7 heteroatoms. The van der Waals surface area contributed by atoms with Gasteiger partial charge in [-0.05, 0) is 41.5 Å². The van der Waals surface area contributed by atoms with Crippen LogP contribution >= 0.6 is 0 Å². The molecule has 0 bridgehead atoms. The summed E-state index contributed by atoms with van der Waals surface area (Å²) in [7, 11) is -3.31. The molecule has 29 heavy (non-hydrogen) atoms. The van der Waals surface area contributed by atoms with Gasteiger partial charge in [-0.3, -0.25) is 4.79 Å². The third-order valence-electron chi connectivity index (χ3n) is 4.13. The first kappa shape index (κ1) is 20.3. The lowest BCUT2D eigenvalue weighted by Crippen LogP contribution is -2.21.